The SMILES string of the molecule is Cn1cc(/C=C/C(=O)Nc2ccccc2-c2ccccc2)c(=O)n(C)c1=O. The number of aryl methyl sites for hydroxylation is 1. The molecule has 1 amide bonds. The molecule has 3 aromatic rings. The van der Waals surface area contributed by atoms with Gasteiger partial charge in [-0.2, -0.15) is 0 Å². The maximum Gasteiger partial charge on any atom is 0.330 e. The highest BCUT2D eigenvalue weighted by Crippen LogP contribution is 2.27. The molecule has 1 N–H and O–H groups in total. The fourth-order valence-corrected chi connectivity index (χ4v) is 2.75. The zero-order chi connectivity index (χ0) is 19.4. The van der Waals surface area contributed by atoms with Gasteiger partial charge in [0.1, 0.15) is 0 Å². The minimum Gasteiger partial charge on any atom is -0.322 e. The highest BCUT2D eigenvalue weighted by atomic mass is 16.2. The molecule has 0 atom stereocenters. The quantitative estimate of drug-likeness (QED) is 0.725. The van der Waals surface area contributed by atoms with Gasteiger partial charge in [-0.1, -0.05) is 48.5 Å². The summed E-state index contributed by atoms with van der Waals surface area (Å²) in [5, 5.41) is 2.84. The predicted octanol–water partition coefficient (Wildman–Crippen LogP) is 2.40. The molecular formula is C21H19N3O3. The molecule has 0 saturated carbocycles. The van der Waals surface area contributed by atoms with Crippen molar-refractivity contribution in [2.75, 3.05) is 5.32 Å². The summed E-state index contributed by atoms with van der Waals surface area (Å²) < 4.78 is 2.30. The highest BCUT2D eigenvalue weighted by Gasteiger charge is 2.07. The molecule has 6 nitrogen and oxygen atoms in total. The summed E-state index contributed by atoms with van der Waals surface area (Å²) in [4.78, 5) is 36.2. The average Bonchev–Trinajstić information content (AvgIpc) is 2.69. The average molecular weight is 361 g/mol. The largest absolute Gasteiger partial charge is 0.330 e. The molecule has 0 spiro atoms. The maximum atomic E-state index is 12.3. The minimum atomic E-state index is -0.452. The highest BCUT2D eigenvalue weighted by molar-refractivity contribution is 6.04. The smallest absolute Gasteiger partial charge is 0.322 e. The Kier molecular flexibility index (Phi) is 5.17. The van der Waals surface area contributed by atoms with Crippen LogP contribution in [0.3, 0.4) is 0 Å². The van der Waals surface area contributed by atoms with Crippen LogP contribution < -0.4 is 16.6 Å². The third-order valence-electron chi connectivity index (χ3n) is 4.16. The number of rotatable bonds is 4. The first-order valence-electron chi connectivity index (χ1n) is 8.37. The van der Waals surface area contributed by atoms with Gasteiger partial charge in [0.25, 0.3) is 5.56 Å². The Morgan fingerprint density at radius 1 is 0.963 bits per heavy atom. The van der Waals surface area contributed by atoms with Crippen molar-refractivity contribution in [1.29, 1.82) is 0 Å². The Morgan fingerprint density at radius 3 is 2.37 bits per heavy atom. The van der Waals surface area contributed by atoms with Gasteiger partial charge in [-0.25, -0.2) is 4.79 Å². The lowest BCUT2D eigenvalue weighted by Gasteiger charge is -2.10. The van der Waals surface area contributed by atoms with Crippen LogP contribution in [0.1, 0.15) is 5.56 Å². The zero-order valence-corrected chi connectivity index (χ0v) is 15.0. The van der Waals surface area contributed by atoms with E-state index in [1.807, 2.05) is 54.6 Å². The zero-order valence-electron chi connectivity index (χ0n) is 15.0. The van der Waals surface area contributed by atoms with Crippen LogP contribution in [0.4, 0.5) is 5.69 Å². The molecule has 0 aliphatic heterocycles. The summed E-state index contributed by atoms with van der Waals surface area (Å²) in [5.41, 5.74) is 1.95. The van der Waals surface area contributed by atoms with Crippen molar-refractivity contribution in [2.24, 2.45) is 14.1 Å². The normalized spacial score (nSPS) is 10.9. The van der Waals surface area contributed by atoms with Crippen LogP contribution in [0.15, 0.2) is 76.5 Å². The number of para-hydroxylation sites is 1. The Morgan fingerprint density at radius 2 is 1.63 bits per heavy atom. The molecule has 0 bridgehead atoms. The Balaban J connectivity index is 1.85. The number of carbonyl (C=O) groups is 1. The fraction of sp³-hybridized carbons (Fsp3) is 0.0952. The van der Waals surface area contributed by atoms with E-state index in [2.05, 4.69) is 5.32 Å². The first-order valence-corrected chi connectivity index (χ1v) is 8.37. The maximum absolute atomic E-state index is 12.3. The van der Waals surface area contributed by atoms with Gasteiger partial charge < -0.3 is 9.88 Å². The van der Waals surface area contributed by atoms with Crippen LogP contribution in [0, 0.1) is 0 Å². The van der Waals surface area contributed by atoms with E-state index in [-0.39, 0.29) is 11.5 Å². The van der Waals surface area contributed by atoms with Crippen LogP contribution in [-0.2, 0) is 18.9 Å². The number of carbonyl (C=O) groups excluding carboxylic acids is 1. The molecule has 136 valence electrons. The van der Waals surface area contributed by atoms with Gasteiger partial charge in [0.05, 0.1) is 5.56 Å². The van der Waals surface area contributed by atoms with Crippen molar-refractivity contribution in [3.63, 3.8) is 0 Å². The van der Waals surface area contributed by atoms with Crippen molar-refractivity contribution in [3.05, 3.63) is 93.3 Å². The van der Waals surface area contributed by atoms with Crippen LogP contribution in [0.5, 0.6) is 0 Å². The molecule has 6 heteroatoms. The molecule has 0 unspecified atom stereocenters. The lowest BCUT2D eigenvalue weighted by Crippen LogP contribution is -2.37. The number of nitrogens with one attached hydrogen (secondary N) is 1. The summed E-state index contributed by atoms with van der Waals surface area (Å²) in [7, 11) is 2.95. The first-order chi connectivity index (χ1) is 13.0. The van der Waals surface area contributed by atoms with E-state index in [0.717, 1.165) is 15.7 Å². The van der Waals surface area contributed by atoms with E-state index >= 15 is 0 Å². The molecule has 3 rings (SSSR count). The van der Waals surface area contributed by atoms with Gasteiger partial charge in [-0.15, -0.1) is 0 Å². The van der Waals surface area contributed by atoms with Gasteiger partial charge in [-0.3, -0.25) is 14.2 Å². The van der Waals surface area contributed by atoms with Crippen LogP contribution >= 0.6 is 0 Å². The minimum absolute atomic E-state index is 0.256. The molecule has 1 heterocycles. The van der Waals surface area contributed by atoms with Crippen molar-refractivity contribution in [1.82, 2.24) is 9.13 Å². The third-order valence-corrected chi connectivity index (χ3v) is 4.16. The molecule has 0 saturated heterocycles. The Labute approximate surface area is 156 Å². The topological polar surface area (TPSA) is 73.1 Å². The number of amides is 1. The Bertz CT molecular complexity index is 1130. The van der Waals surface area contributed by atoms with E-state index in [4.69, 9.17) is 0 Å². The molecule has 0 radical (unpaired) electrons. The van der Waals surface area contributed by atoms with Crippen molar-refractivity contribution in [3.8, 4) is 11.1 Å². The van der Waals surface area contributed by atoms with Crippen molar-refractivity contribution >= 4 is 17.7 Å². The number of nitrogens with zero attached hydrogens (tertiary/aromatic N) is 2. The number of hydrogen-bond acceptors (Lipinski definition) is 3. The Hall–Kier alpha value is -3.67. The number of hydrogen-bond donors (Lipinski definition) is 1. The molecule has 1 aromatic heterocycles. The van der Waals surface area contributed by atoms with Gasteiger partial charge in [0, 0.05) is 37.6 Å². The number of aromatic nitrogens is 2. The van der Waals surface area contributed by atoms with E-state index in [1.54, 1.807) is 7.05 Å². The predicted molar refractivity (Wildman–Crippen MR) is 106 cm³/mol. The van der Waals surface area contributed by atoms with Gasteiger partial charge in [0.2, 0.25) is 5.91 Å². The lowest BCUT2D eigenvalue weighted by molar-refractivity contribution is -0.111. The fourth-order valence-electron chi connectivity index (χ4n) is 2.75. The van der Waals surface area contributed by atoms with Gasteiger partial charge in [0.15, 0.2) is 0 Å². The van der Waals surface area contributed by atoms with Crippen LogP contribution in [-0.4, -0.2) is 15.0 Å². The second kappa shape index (κ2) is 7.70. The third kappa shape index (κ3) is 3.95. The second-order valence-corrected chi connectivity index (χ2v) is 6.08. The molecule has 27 heavy (non-hydrogen) atoms. The van der Waals surface area contributed by atoms with Crippen LogP contribution in [0.2, 0.25) is 0 Å². The molecular weight excluding hydrogens is 342 g/mol. The molecule has 0 aliphatic carbocycles. The monoisotopic (exact) mass is 361 g/mol. The molecule has 0 aliphatic rings. The second-order valence-electron chi connectivity index (χ2n) is 6.08. The van der Waals surface area contributed by atoms with E-state index < -0.39 is 11.2 Å². The summed E-state index contributed by atoms with van der Waals surface area (Å²) >= 11 is 0. The van der Waals surface area contributed by atoms with E-state index in [1.165, 1.54) is 30.0 Å². The van der Waals surface area contributed by atoms with Gasteiger partial charge in [-0.05, 0) is 17.7 Å². The lowest BCUT2D eigenvalue weighted by atomic mass is 10.0. The summed E-state index contributed by atoms with van der Waals surface area (Å²) in [5.74, 6) is -0.366. The first kappa shape index (κ1) is 18.1. The summed E-state index contributed by atoms with van der Waals surface area (Å²) in [6.45, 7) is 0. The van der Waals surface area contributed by atoms with E-state index in [9.17, 15) is 14.4 Å². The standard InChI is InChI=1S/C21H19N3O3/c1-23-14-16(20(26)24(2)21(23)27)12-13-19(25)22-18-11-7-6-10-17(18)15-8-4-3-5-9-15/h3-14H,1-2H3,(H,22,25)/b13-12+. The molecule has 0 fully saturated rings. The number of benzene rings is 2. The molecule has 2 aromatic carbocycles. The van der Waals surface area contributed by atoms with Crippen molar-refractivity contribution < 1.29 is 4.79 Å². The van der Waals surface area contributed by atoms with Gasteiger partial charge >= 0.3 is 5.69 Å². The summed E-state index contributed by atoms with van der Waals surface area (Å²) in [6.07, 6.45) is 4.09. The van der Waals surface area contributed by atoms with Crippen LogP contribution in [0.25, 0.3) is 17.2 Å². The number of anilines is 1. The summed E-state index contributed by atoms with van der Waals surface area (Å²) in [6, 6.07) is 17.2. The van der Waals surface area contributed by atoms with Crippen molar-refractivity contribution in [2.45, 2.75) is 0 Å². The van der Waals surface area contributed by atoms with E-state index in [0.29, 0.717) is 5.69 Å².